The number of amides is 1. The van der Waals surface area contributed by atoms with Crippen LogP contribution in [-0.4, -0.2) is 30.9 Å². The van der Waals surface area contributed by atoms with E-state index in [4.69, 9.17) is 14.2 Å². The van der Waals surface area contributed by atoms with Gasteiger partial charge in [0.1, 0.15) is 18.1 Å². The molecule has 0 aliphatic heterocycles. The smallest absolute Gasteiger partial charge is 0.277 e. The van der Waals surface area contributed by atoms with Gasteiger partial charge in [0.2, 0.25) is 0 Å². The summed E-state index contributed by atoms with van der Waals surface area (Å²) >= 11 is 0. The highest BCUT2D eigenvalue weighted by atomic mass is 16.5. The van der Waals surface area contributed by atoms with Crippen molar-refractivity contribution in [2.75, 3.05) is 13.7 Å². The molecule has 0 atom stereocenters. The van der Waals surface area contributed by atoms with E-state index < -0.39 is 5.91 Å². The molecule has 0 saturated carbocycles. The highest BCUT2D eigenvalue weighted by molar-refractivity contribution is 5.86. The van der Waals surface area contributed by atoms with E-state index in [-0.39, 0.29) is 12.4 Å². The van der Waals surface area contributed by atoms with Crippen molar-refractivity contribution in [2.24, 2.45) is 5.10 Å². The van der Waals surface area contributed by atoms with Crippen LogP contribution in [0.25, 0.3) is 0 Å². The number of carbonyl (C=O) groups is 1. The van der Waals surface area contributed by atoms with E-state index in [0.29, 0.717) is 29.4 Å². The molecule has 2 N–H and O–H groups in total. The van der Waals surface area contributed by atoms with Crippen LogP contribution in [0.5, 0.6) is 23.0 Å². The first-order valence-corrected chi connectivity index (χ1v) is 9.23. The molecule has 7 nitrogen and oxygen atoms in total. The number of ether oxygens (including phenoxy) is 3. The van der Waals surface area contributed by atoms with Gasteiger partial charge in [-0.2, -0.15) is 5.10 Å². The molecule has 0 saturated heterocycles. The molecule has 0 heterocycles. The molecule has 0 unspecified atom stereocenters. The standard InChI is InChI=1S/C23H22N2O5/c1-28-21-9-5-8-18(23(21)27)14-24-25-22(26)16-30-20-12-10-19(11-13-20)29-15-17-6-3-2-4-7-17/h2-14,27H,15-16H2,1H3,(H,25,26). The molecule has 3 rings (SSSR count). The van der Waals surface area contributed by atoms with Crippen LogP contribution < -0.4 is 19.6 Å². The first-order valence-electron chi connectivity index (χ1n) is 9.23. The van der Waals surface area contributed by atoms with Crippen molar-refractivity contribution in [3.8, 4) is 23.0 Å². The fourth-order valence-electron chi connectivity index (χ4n) is 2.54. The van der Waals surface area contributed by atoms with Crippen LogP contribution in [-0.2, 0) is 11.4 Å². The highest BCUT2D eigenvalue weighted by Crippen LogP contribution is 2.27. The Morgan fingerprint density at radius 3 is 2.37 bits per heavy atom. The number of para-hydroxylation sites is 1. The predicted molar refractivity (Wildman–Crippen MR) is 113 cm³/mol. The number of benzene rings is 3. The van der Waals surface area contributed by atoms with Gasteiger partial charge in [-0.1, -0.05) is 36.4 Å². The number of hydrogen-bond donors (Lipinski definition) is 2. The largest absolute Gasteiger partial charge is 0.504 e. The number of phenols is 1. The summed E-state index contributed by atoms with van der Waals surface area (Å²) in [5.41, 5.74) is 3.84. The summed E-state index contributed by atoms with van der Waals surface area (Å²) in [7, 11) is 1.46. The van der Waals surface area contributed by atoms with Crippen LogP contribution in [0.2, 0.25) is 0 Å². The van der Waals surface area contributed by atoms with Gasteiger partial charge in [-0.25, -0.2) is 5.43 Å². The molecule has 0 bridgehead atoms. The van der Waals surface area contributed by atoms with Gasteiger partial charge >= 0.3 is 0 Å². The van der Waals surface area contributed by atoms with E-state index in [0.717, 1.165) is 5.56 Å². The second-order valence-corrected chi connectivity index (χ2v) is 6.23. The average Bonchev–Trinajstić information content (AvgIpc) is 2.79. The SMILES string of the molecule is COc1cccc(C=NNC(=O)COc2ccc(OCc3ccccc3)cc2)c1O. The maximum Gasteiger partial charge on any atom is 0.277 e. The lowest BCUT2D eigenvalue weighted by atomic mass is 10.2. The summed E-state index contributed by atoms with van der Waals surface area (Å²) in [5.74, 6) is 1.08. The Hall–Kier alpha value is -4.00. The molecule has 3 aromatic carbocycles. The van der Waals surface area contributed by atoms with Crippen molar-refractivity contribution in [3.05, 3.63) is 83.9 Å². The minimum atomic E-state index is -0.432. The van der Waals surface area contributed by atoms with Gasteiger partial charge in [0.25, 0.3) is 5.91 Å². The number of nitrogens with one attached hydrogen (secondary N) is 1. The van der Waals surface area contributed by atoms with E-state index in [1.807, 2.05) is 30.3 Å². The van der Waals surface area contributed by atoms with Gasteiger partial charge < -0.3 is 19.3 Å². The topological polar surface area (TPSA) is 89.4 Å². The van der Waals surface area contributed by atoms with Gasteiger partial charge in [-0.05, 0) is 42.0 Å². The Kier molecular flexibility index (Phi) is 7.27. The molecule has 0 aromatic heterocycles. The predicted octanol–water partition coefficient (Wildman–Crippen LogP) is 3.51. The quantitative estimate of drug-likeness (QED) is 0.419. The van der Waals surface area contributed by atoms with Gasteiger partial charge in [0, 0.05) is 5.56 Å². The molecular formula is C23H22N2O5. The molecular weight excluding hydrogens is 384 g/mol. The highest BCUT2D eigenvalue weighted by Gasteiger charge is 2.06. The zero-order valence-corrected chi connectivity index (χ0v) is 16.4. The number of methoxy groups -OCH3 is 1. The average molecular weight is 406 g/mol. The van der Waals surface area contributed by atoms with Crippen molar-refractivity contribution >= 4 is 12.1 Å². The Bertz CT molecular complexity index is 988. The Morgan fingerprint density at radius 2 is 1.67 bits per heavy atom. The van der Waals surface area contributed by atoms with Crippen LogP contribution in [0.1, 0.15) is 11.1 Å². The molecule has 0 fully saturated rings. The molecule has 0 spiro atoms. The lowest BCUT2D eigenvalue weighted by molar-refractivity contribution is -0.123. The van der Waals surface area contributed by atoms with Crippen LogP contribution in [0.15, 0.2) is 77.9 Å². The second-order valence-electron chi connectivity index (χ2n) is 6.23. The van der Waals surface area contributed by atoms with E-state index in [2.05, 4.69) is 10.5 Å². The molecule has 0 aliphatic rings. The van der Waals surface area contributed by atoms with Crippen LogP contribution in [0, 0.1) is 0 Å². The number of aromatic hydroxyl groups is 1. The lowest BCUT2D eigenvalue weighted by Gasteiger charge is -2.08. The van der Waals surface area contributed by atoms with Gasteiger partial charge in [0.05, 0.1) is 13.3 Å². The number of hydrogen-bond acceptors (Lipinski definition) is 6. The first kappa shape index (κ1) is 20.7. The van der Waals surface area contributed by atoms with Crippen LogP contribution in [0.4, 0.5) is 0 Å². The fraction of sp³-hybridized carbons (Fsp3) is 0.130. The Balaban J connectivity index is 1.43. The van der Waals surface area contributed by atoms with Crippen molar-refractivity contribution in [3.63, 3.8) is 0 Å². The maximum absolute atomic E-state index is 11.9. The van der Waals surface area contributed by atoms with E-state index in [9.17, 15) is 9.90 Å². The van der Waals surface area contributed by atoms with Gasteiger partial charge in [-0.3, -0.25) is 4.79 Å². The maximum atomic E-state index is 11.9. The second kappa shape index (κ2) is 10.5. The zero-order valence-electron chi connectivity index (χ0n) is 16.4. The van der Waals surface area contributed by atoms with Crippen LogP contribution >= 0.6 is 0 Å². The van der Waals surface area contributed by atoms with Crippen molar-refractivity contribution in [1.82, 2.24) is 5.43 Å². The van der Waals surface area contributed by atoms with Crippen molar-refractivity contribution < 1.29 is 24.1 Å². The zero-order chi connectivity index (χ0) is 21.2. The molecule has 3 aromatic rings. The first-order chi connectivity index (χ1) is 14.7. The van der Waals surface area contributed by atoms with E-state index in [1.165, 1.54) is 13.3 Å². The van der Waals surface area contributed by atoms with Gasteiger partial charge in [-0.15, -0.1) is 0 Å². The molecule has 154 valence electrons. The monoisotopic (exact) mass is 406 g/mol. The Morgan fingerprint density at radius 1 is 0.967 bits per heavy atom. The summed E-state index contributed by atoms with van der Waals surface area (Å²) in [6.45, 7) is 0.274. The molecule has 0 aliphatic carbocycles. The lowest BCUT2D eigenvalue weighted by Crippen LogP contribution is -2.24. The van der Waals surface area contributed by atoms with Crippen molar-refractivity contribution in [2.45, 2.75) is 6.61 Å². The van der Waals surface area contributed by atoms with Gasteiger partial charge in [0.15, 0.2) is 18.1 Å². The number of carbonyl (C=O) groups excluding carboxylic acids is 1. The Labute approximate surface area is 174 Å². The van der Waals surface area contributed by atoms with Crippen LogP contribution in [0.3, 0.4) is 0 Å². The number of hydrazone groups is 1. The van der Waals surface area contributed by atoms with Crippen molar-refractivity contribution in [1.29, 1.82) is 0 Å². The van der Waals surface area contributed by atoms with E-state index in [1.54, 1.807) is 42.5 Å². The number of phenolic OH excluding ortho intramolecular Hbond substituents is 1. The summed E-state index contributed by atoms with van der Waals surface area (Å²) in [5, 5.41) is 13.8. The fourth-order valence-corrected chi connectivity index (χ4v) is 2.54. The minimum Gasteiger partial charge on any atom is -0.504 e. The normalized spacial score (nSPS) is 10.6. The summed E-state index contributed by atoms with van der Waals surface area (Å²) in [4.78, 5) is 11.9. The third kappa shape index (κ3) is 6.00. The summed E-state index contributed by atoms with van der Waals surface area (Å²) < 4.78 is 16.2. The minimum absolute atomic E-state index is 0.0520. The summed E-state index contributed by atoms with van der Waals surface area (Å²) in [6, 6.07) is 21.9. The van der Waals surface area contributed by atoms with E-state index >= 15 is 0 Å². The number of nitrogens with zero attached hydrogens (tertiary/aromatic N) is 1. The molecule has 7 heteroatoms. The molecule has 30 heavy (non-hydrogen) atoms. The molecule has 0 radical (unpaired) electrons. The third-order valence-electron chi connectivity index (χ3n) is 4.09. The third-order valence-corrected chi connectivity index (χ3v) is 4.09. The number of rotatable bonds is 9. The molecule has 1 amide bonds. The summed E-state index contributed by atoms with van der Waals surface area (Å²) in [6.07, 6.45) is 1.33.